The Hall–Kier alpha value is -0.570. The highest BCUT2D eigenvalue weighted by atomic mass is 16.5. The van der Waals surface area contributed by atoms with Crippen LogP contribution in [0.25, 0.3) is 0 Å². The summed E-state index contributed by atoms with van der Waals surface area (Å²) in [5, 5.41) is 9.54. The van der Waals surface area contributed by atoms with E-state index in [0.717, 1.165) is 19.3 Å². The van der Waals surface area contributed by atoms with Crippen molar-refractivity contribution in [2.24, 2.45) is 11.8 Å². The van der Waals surface area contributed by atoms with Crippen molar-refractivity contribution in [2.45, 2.75) is 32.3 Å². The van der Waals surface area contributed by atoms with E-state index in [0.29, 0.717) is 5.92 Å². The molecule has 1 fully saturated rings. The molecule has 0 bridgehead atoms. The Morgan fingerprint density at radius 2 is 2.17 bits per heavy atom. The Balaban J connectivity index is 2.50. The number of methoxy groups -OCH3 is 1. The summed E-state index contributed by atoms with van der Waals surface area (Å²) in [4.78, 5) is 11.1. The zero-order chi connectivity index (χ0) is 9.14. The van der Waals surface area contributed by atoms with Crippen LogP contribution in [0.15, 0.2) is 0 Å². The first kappa shape index (κ1) is 9.52. The number of esters is 1. The molecule has 0 radical (unpaired) electrons. The van der Waals surface area contributed by atoms with Gasteiger partial charge in [0.1, 0.15) is 0 Å². The van der Waals surface area contributed by atoms with Crippen LogP contribution < -0.4 is 0 Å². The van der Waals surface area contributed by atoms with Gasteiger partial charge in [-0.15, -0.1) is 0 Å². The van der Waals surface area contributed by atoms with Crippen molar-refractivity contribution in [3.05, 3.63) is 0 Å². The van der Waals surface area contributed by atoms with Crippen LogP contribution in [0.5, 0.6) is 0 Å². The number of hydrogen-bond acceptors (Lipinski definition) is 3. The normalized spacial score (nSPS) is 36.1. The van der Waals surface area contributed by atoms with Gasteiger partial charge in [-0.2, -0.15) is 0 Å². The summed E-state index contributed by atoms with van der Waals surface area (Å²) in [6.07, 6.45) is 1.99. The first-order chi connectivity index (χ1) is 5.65. The zero-order valence-corrected chi connectivity index (χ0v) is 7.62. The summed E-state index contributed by atoms with van der Waals surface area (Å²) in [5.74, 6) is -0.0264. The second-order valence-corrected chi connectivity index (χ2v) is 3.62. The minimum Gasteiger partial charge on any atom is -0.469 e. The van der Waals surface area contributed by atoms with Crippen molar-refractivity contribution >= 4 is 5.97 Å². The van der Waals surface area contributed by atoms with Crippen LogP contribution in [-0.2, 0) is 9.53 Å². The van der Waals surface area contributed by atoms with Gasteiger partial charge in [-0.25, -0.2) is 0 Å². The smallest absolute Gasteiger partial charge is 0.311 e. The fourth-order valence-electron chi connectivity index (χ4n) is 1.78. The highest BCUT2D eigenvalue weighted by molar-refractivity contribution is 5.73. The maximum Gasteiger partial charge on any atom is 0.311 e. The third-order valence-corrected chi connectivity index (χ3v) is 2.58. The van der Waals surface area contributed by atoms with Crippen molar-refractivity contribution in [3.8, 4) is 0 Å². The third kappa shape index (κ3) is 1.97. The average molecular weight is 172 g/mol. The number of aliphatic hydroxyl groups is 1. The van der Waals surface area contributed by atoms with Crippen LogP contribution >= 0.6 is 0 Å². The summed E-state index contributed by atoms with van der Waals surface area (Å²) in [6.45, 7) is 2.09. The maximum absolute atomic E-state index is 11.1. The van der Waals surface area contributed by atoms with E-state index in [2.05, 4.69) is 11.7 Å². The van der Waals surface area contributed by atoms with Gasteiger partial charge in [0, 0.05) is 0 Å². The van der Waals surface area contributed by atoms with Crippen LogP contribution in [0.2, 0.25) is 0 Å². The first-order valence-electron chi connectivity index (χ1n) is 4.41. The fourth-order valence-corrected chi connectivity index (χ4v) is 1.78. The largest absolute Gasteiger partial charge is 0.469 e. The quantitative estimate of drug-likeness (QED) is 0.599. The van der Waals surface area contributed by atoms with Gasteiger partial charge in [0.25, 0.3) is 0 Å². The predicted molar refractivity (Wildman–Crippen MR) is 44.5 cm³/mol. The van der Waals surface area contributed by atoms with Crippen molar-refractivity contribution in [1.82, 2.24) is 0 Å². The Morgan fingerprint density at radius 3 is 2.67 bits per heavy atom. The van der Waals surface area contributed by atoms with Gasteiger partial charge >= 0.3 is 5.97 Å². The minimum atomic E-state index is -0.499. The number of aliphatic hydroxyl groups excluding tert-OH is 1. The summed E-state index contributed by atoms with van der Waals surface area (Å²) >= 11 is 0. The number of hydrogen-bond donors (Lipinski definition) is 1. The van der Waals surface area contributed by atoms with Gasteiger partial charge in [0.2, 0.25) is 0 Å². The van der Waals surface area contributed by atoms with Crippen molar-refractivity contribution in [2.75, 3.05) is 7.11 Å². The molecule has 1 aliphatic carbocycles. The molecule has 0 aromatic heterocycles. The molecule has 0 aromatic carbocycles. The second kappa shape index (κ2) is 3.90. The predicted octanol–water partition coefficient (Wildman–Crippen LogP) is 0.956. The Bertz CT molecular complexity index is 167. The monoisotopic (exact) mass is 172 g/mol. The third-order valence-electron chi connectivity index (χ3n) is 2.58. The Morgan fingerprint density at radius 1 is 1.50 bits per heavy atom. The molecule has 3 heteroatoms. The molecule has 0 unspecified atom stereocenters. The van der Waals surface area contributed by atoms with E-state index in [9.17, 15) is 9.90 Å². The molecule has 1 saturated carbocycles. The molecule has 0 saturated heterocycles. The standard InChI is InChI=1S/C9H16O3/c1-6-3-4-7(8(10)5-6)9(11)12-2/h6-8,10H,3-5H2,1-2H3/t6-,7-,8+/m1/s1. The summed E-state index contributed by atoms with van der Waals surface area (Å²) in [5.41, 5.74) is 0. The fraction of sp³-hybridized carbons (Fsp3) is 0.889. The lowest BCUT2D eigenvalue weighted by atomic mass is 9.81. The van der Waals surface area contributed by atoms with Gasteiger partial charge in [0.05, 0.1) is 19.1 Å². The van der Waals surface area contributed by atoms with Crippen LogP contribution in [0.4, 0.5) is 0 Å². The average Bonchev–Trinajstić information content (AvgIpc) is 2.03. The molecule has 70 valence electrons. The van der Waals surface area contributed by atoms with Gasteiger partial charge in [-0.05, 0) is 25.2 Å². The molecule has 1 aliphatic rings. The van der Waals surface area contributed by atoms with Gasteiger partial charge in [0.15, 0.2) is 0 Å². The second-order valence-electron chi connectivity index (χ2n) is 3.62. The summed E-state index contributed by atoms with van der Waals surface area (Å²) < 4.78 is 4.60. The minimum absolute atomic E-state index is 0.269. The molecule has 0 amide bonds. The lowest BCUT2D eigenvalue weighted by Crippen LogP contribution is -2.34. The number of ether oxygens (including phenoxy) is 1. The molecule has 0 aliphatic heterocycles. The lowest BCUT2D eigenvalue weighted by Gasteiger charge is -2.29. The van der Waals surface area contributed by atoms with E-state index >= 15 is 0 Å². The van der Waals surface area contributed by atoms with E-state index in [1.54, 1.807) is 0 Å². The first-order valence-corrected chi connectivity index (χ1v) is 4.41. The van der Waals surface area contributed by atoms with E-state index < -0.39 is 6.10 Å². The van der Waals surface area contributed by atoms with Crippen molar-refractivity contribution < 1.29 is 14.6 Å². The van der Waals surface area contributed by atoms with Gasteiger partial charge < -0.3 is 9.84 Å². The van der Waals surface area contributed by atoms with Crippen molar-refractivity contribution in [1.29, 1.82) is 0 Å². The number of rotatable bonds is 1. The van der Waals surface area contributed by atoms with Gasteiger partial charge in [-0.1, -0.05) is 6.92 Å². The molecule has 0 heterocycles. The van der Waals surface area contributed by atoms with Crippen LogP contribution in [-0.4, -0.2) is 24.3 Å². The lowest BCUT2D eigenvalue weighted by molar-refractivity contribution is -0.151. The summed E-state index contributed by atoms with van der Waals surface area (Å²) in [6, 6.07) is 0. The van der Waals surface area contributed by atoms with Crippen molar-refractivity contribution in [3.63, 3.8) is 0 Å². The van der Waals surface area contributed by atoms with Crippen LogP contribution in [0.1, 0.15) is 26.2 Å². The molecule has 3 atom stereocenters. The molecule has 0 spiro atoms. The van der Waals surface area contributed by atoms with E-state index in [-0.39, 0.29) is 11.9 Å². The highest BCUT2D eigenvalue weighted by Crippen LogP contribution is 2.29. The van der Waals surface area contributed by atoms with E-state index in [1.807, 2.05) is 0 Å². The molecule has 3 nitrogen and oxygen atoms in total. The molecule has 1 rings (SSSR count). The molecule has 0 aromatic rings. The molecule has 1 N–H and O–H groups in total. The van der Waals surface area contributed by atoms with Crippen LogP contribution in [0.3, 0.4) is 0 Å². The molecule has 12 heavy (non-hydrogen) atoms. The number of carbonyl (C=O) groups excluding carboxylic acids is 1. The maximum atomic E-state index is 11.1. The molecular weight excluding hydrogens is 156 g/mol. The number of carbonyl (C=O) groups is 1. The highest BCUT2D eigenvalue weighted by Gasteiger charge is 2.32. The zero-order valence-electron chi connectivity index (χ0n) is 7.62. The molecular formula is C9H16O3. The topological polar surface area (TPSA) is 46.5 Å². The van der Waals surface area contributed by atoms with Gasteiger partial charge in [-0.3, -0.25) is 4.79 Å². The SMILES string of the molecule is COC(=O)[C@@H]1CC[C@@H](C)C[C@@H]1O. The Labute approximate surface area is 72.7 Å². The van der Waals surface area contributed by atoms with E-state index in [4.69, 9.17) is 0 Å². The Kier molecular flexibility index (Phi) is 3.09. The summed E-state index contributed by atoms with van der Waals surface area (Å²) in [7, 11) is 1.37. The van der Waals surface area contributed by atoms with Crippen LogP contribution in [0, 0.1) is 11.8 Å². The van der Waals surface area contributed by atoms with E-state index in [1.165, 1.54) is 7.11 Å².